The maximum absolute atomic E-state index is 12.6. The maximum Gasteiger partial charge on any atom is 0.348 e. The van der Waals surface area contributed by atoms with E-state index in [4.69, 9.17) is 23.2 Å². The molecule has 0 radical (unpaired) electrons. The van der Waals surface area contributed by atoms with Crippen molar-refractivity contribution in [3.63, 3.8) is 0 Å². The second kappa shape index (κ2) is 8.31. The molecule has 1 aliphatic rings. The van der Waals surface area contributed by atoms with Gasteiger partial charge in [0.05, 0.1) is 5.69 Å². The number of amides is 2. The Labute approximate surface area is 177 Å². The van der Waals surface area contributed by atoms with Crippen molar-refractivity contribution in [2.45, 2.75) is 18.8 Å². The first-order chi connectivity index (χ1) is 14.0. The van der Waals surface area contributed by atoms with E-state index >= 15 is 0 Å². The van der Waals surface area contributed by atoms with Crippen molar-refractivity contribution >= 4 is 34.9 Å². The lowest BCUT2D eigenvalue weighted by Gasteiger charge is -2.31. The van der Waals surface area contributed by atoms with Crippen LogP contribution in [0.4, 0.5) is 10.5 Å². The third-order valence-electron chi connectivity index (χ3n) is 4.90. The van der Waals surface area contributed by atoms with E-state index in [1.54, 1.807) is 53.4 Å². The van der Waals surface area contributed by atoms with E-state index in [2.05, 4.69) is 15.4 Å². The third kappa shape index (κ3) is 4.46. The lowest BCUT2D eigenvalue weighted by atomic mass is 9.98. The number of hydrogen-bond acceptors (Lipinski definition) is 3. The molecule has 3 aromatic rings. The summed E-state index contributed by atoms with van der Waals surface area (Å²) in [5, 5.41) is 8.53. The number of carbonyl (C=O) groups is 1. The van der Waals surface area contributed by atoms with Crippen molar-refractivity contribution in [1.82, 2.24) is 19.7 Å². The van der Waals surface area contributed by atoms with Gasteiger partial charge >= 0.3 is 11.7 Å². The van der Waals surface area contributed by atoms with Gasteiger partial charge in [-0.2, -0.15) is 4.68 Å². The predicted molar refractivity (Wildman–Crippen MR) is 113 cm³/mol. The van der Waals surface area contributed by atoms with Crippen LogP contribution in [0.5, 0.6) is 0 Å². The van der Waals surface area contributed by atoms with Crippen molar-refractivity contribution in [3.05, 3.63) is 74.9 Å². The van der Waals surface area contributed by atoms with Crippen LogP contribution in [-0.4, -0.2) is 38.8 Å². The van der Waals surface area contributed by atoms with Crippen LogP contribution in [0.25, 0.3) is 5.69 Å². The number of rotatable bonds is 3. The van der Waals surface area contributed by atoms with Crippen LogP contribution in [0.15, 0.2) is 53.3 Å². The summed E-state index contributed by atoms with van der Waals surface area (Å²) >= 11 is 11.8. The minimum absolute atomic E-state index is 0.0408. The smallest absolute Gasteiger partial charge is 0.324 e. The molecule has 2 heterocycles. The molecule has 2 amide bonds. The van der Waals surface area contributed by atoms with E-state index in [9.17, 15) is 9.59 Å². The fraction of sp³-hybridized carbons (Fsp3) is 0.250. The highest BCUT2D eigenvalue weighted by atomic mass is 35.5. The molecule has 1 atom stereocenters. The van der Waals surface area contributed by atoms with Gasteiger partial charge in [-0.15, -0.1) is 5.10 Å². The second-order valence-electron chi connectivity index (χ2n) is 6.93. The number of likely N-dealkylation sites (tertiary alicyclic amines) is 1. The lowest BCUT2D eigenvalue weighted by Crippen LogP contribution is -2.41. The fourth-order valence-electron chi connectivity index (χ4n) is 3.40. The molecule has 1 saturated heterocycles. The van der Waals surface area contributed by atoms with Gasteiger partial charge in [-0.3, -0.25) is 4.98 Å². The van der Waals surface area contributed by atoms with Crippen molar-refractivity contribution in [3.8, 4) is 5.69 Å². The molecule has 2 N–H and O–H groups in total. The molecule has 150 valence electrons. The van der Waals surface area contributed by atoms with E-state index < -0.39 is 0 Å². The minimum Gasteiger partial charge on any atom is -0.324 e. The minimum atomic E-state index is -0.315. The van der Waals surface area contributed by atoms with Crippen LogP contribution in [-0.2, 0) is 0 Å². The molecule has 7 nitrogen and oxygen atoms in total. The molecule has 9 heteroatoms. The zero-order valence-electron chi connectivity index (χ0n) is 15.4. The first-order valence-electron chi connectivity index (χ1n) is 9.26. The van der Waals surface area contributed by atoms with Crippen molar-refractivity contribution in [1.29, 1.82) is 0 Å². The topological polar surface area (TPSA) is 83.0 Å². The Hall–Kier alpha value is -2.77. The van der Waals surface area contributed by atoms with Gasteiger partial charge in [-0.1, -0.05) is 23.2 Å². The molecule has 2 aromatic carbocycles. The molecule has 1 fully saturated rings. The number of carbonyl (C=O) groups excluding carboxylic acids is 1. The lowest BCUT2D eigenvalue weighted by molar-refractivity contribution is 0.191. The first-order valence-corrected chi connectivity index (χ1v) is 10.0. The molecule has 0 saturated carbocycles. The number of hydrogen-bond donors (Lipinski definition) is 2. The molecule has 1 aliphatic heterocycles. The molecule has 29 heavy (non-hydrogen) atoms. The Balaban J connectivity index is 1.47. The van der Waals surface area contributed by atoms with Crippen molar-refractivity contribution in [2.75, 3.05) is 18.4 Å². The third-order valence-corrected chi connectivity index (χ3v) is 5.40. The van der Waals surface area contributed by atoms with E-state index in [1.807, 2.05) is 0 Å². The first kappa shape index (κ1) is 19.5. The predicted octanol–water partition coefficient (Wildman–Crippen LogP) is 4.28. The summed E-state index contributed by atoms with van der Waals surface area (Å²) in [6.07, 6.45) is 1.67. The van der Waals surface area contributed by atoms with Gasteiger partial charge < -0.3 is 10.2 Å². The van der Waals surface area contributed by atoms with Gasteiger partial charge in [0, 0.05) is 34.7 Å². The molecule has 1 aromatic heterocycles. The van der Waals surface area contributed by atoms with E-state index in [0.717, 1.165) is 12.8 Å². The zero-order valence-corrected chi connectivity index (χ0v) is 17.0. The summed E-state index contributed by atoms with van der Waals surface area (Å²) in [5.74, 6) is 0.537. The van der Waals surface area contributed by atoms with Gasteiger partial charge in [0.1, 0.15) is 5.82 Å². The number of urea groups is 1. The highest BCUT2D eigenvalue weighted by molar-refractivity contribution is 6.30. The Morgan fingerprint density at radius 2 is 1.72 bits per heavy atom. The zero-order chi connectivity index (χ0) is 20.4. The number of anilines is 1. The van der Waals surface area contributed by atoms with Crippen LogP contribution in [0.2, 0.25) is 10.0 Å². The van der Waals surface area contributed by atoms with Crippen LogP contribution in [0.1, 0.15) is 24.6 Å². The van der Waals surface area contributed by atoms with E-state index in [0.29, 0.717) is 40.3 Å². The summed E-state index contributed by atoms with van der Waals surface area (Å²) < 4.78 is 1.32. The Bertz CT molecular complexity index is 1060. The normalized spacial score (nSPS) is 16.6. The maximum atomic E-state index is 12.6. The molecular weight excluding hydrogens is 413 g/mol. The summed E-state index contributed by atoms with van der Waals surface area (Å²) in [6, 6.07) is 13.7. The van der Waals surface area contributed by atoms with Crippen LogP contribution in [0.3, 0.4) is 0 Å². The van der Waals surface area contributed by atoms with Gasteiger partial charge in [0.2, 0.25) is 0 Å². The highest BCUT2D eigenvalue weighted by Gasteiger charge is 2.27. The number of benzene rings is 2. The van der Waals surface area contributed by atoms with Crippen molar-refractivity contribution < 1.29 is 4.79 Å². The van der Waals surface area contributed by atoms with Crippen LogP contribution < -0.4 is 11.0 Å². The molecule has 0 aliphatic carbocycles. The molecule has 1 unspecified atom stereocenters. The number of piperidine rings is 1. The van der Waals surface area contributed by atoms with E-state index in [-0.39, 0.29) is 17.6 Å². The number of aromatic nitrogens is 3. The standard InChI is InChI=1S/C20H19Cl2N5O2/c21-14-3-7-16(8-4-14)23-19(28)26-11-1-2-13(12-26)18-24-20(29)27(25-18)17-9-5-15(22)6-10-17/h3-10,13H,1-2,11-12H2,(H,23,28)(H,24,25,29). The highest BCUT2D eigenvalue weighted by Crippen LogP contribution is 2.25. The quantitative estimate of drug-likeness (QED) is 0.648. The van der Waals surface area contributed by atoms with Gasteiger partial charge in [0.25, 0.3) is 0 Å². The average Bonchev–Trinajstić information content (AvgIpc) is 3.12. The largest absolute Gasteiger partial charge is 0.348 e. The Kier molecular flexibility index (Phi) is 5.60. The summed E-state index contributed by atoms with van der Waals surface area (Å²) in [5.41, 5.74) is 1.00. The molecular formula is C20H19Cl2N5O2. The van der Waals surface area contributed by atoms with E-state index in [1.165, 1.54) is 4.68 Å². The molecule has 4 rings (SSSR count). The Morgan fingerprint density at radius 3 is 2.41 bits per heavy atom. The number of nitrogens with zero attached hydrogens (tertiary/aromatic N) is 3. The SMILES string of the molecule is O=C(Nc1ccc(Cl)cc1)N1CCCC(c2nn(-c3ccc(Cl)cc3)c(=O)[nH]2)C1. The summed E-state index contributed by atoms with van der Waals surface area (Å²) in [4.78, 5) is 29.6. The Morgan fingerprint density at radius 1 is 1.07 bits per heavy atom. The second-order valence-corrected chi connectivity index (χ2v) is 7.80. The number of nitrogens with one attached hydrogen (secondary N) is 2. The van der Waals surface area contributed by atoms with Crippen LogP contribution >= 0.6 is 23.2 Å². The number of aromatic amines is 1. The number of halogens is 2. The van der Waals surface area contributed by atoms with Crippen LogP contribution in [0, 0.1) is 0 Å². The van der Waals surface area contributed by atoms with Crippen molar-refractivity contribution in [2.24, 2.45) is 0 Å². The molecule has 0 bridgehead atoms. The summed E-state index contributed by atoms with van der Waals surface area (Å²) in [6.45, 7) is 1.13. The molecule has 0 spiro atoms. The monoisotopic (exact) mass is 431 g/mol. The fourth-order valence-corrected chi connectivity index (χ4v) is 3.65. The van der Waals surface area contributed by atoms with Gasteiger partial charge in [-0.25, -0.2) is 9.59 Å². The average molecular weight is 432 g/mol. The van der Waals surface area contributed by atoms with Gasteiger partial charge in [0.15, 0.2) is 0 Å². The van der Waals surface area contributed by atoms with Gasteiger partial charge in [-0.05, 0) is 61.4 Å². The summed E-state index contributed by atoms with van der Waals surface area (Å²) in [7, 11) is 0. The number of H-pyrrole nitrogens is 1.